The topological polar surface area (TPSA) is 98.1 Å². The van der Waals surface area contributed by atoms with Gasteiger partial charge >= 0.3 is 0 Å². The first-order valence-corrected chi connectivity index (χ1v) is 6.22. The summed E-state index contributed by atoms with van der Waals surface area (Å²) < 4.78 is 0.549. The van der Waals surface area contributed by atoms with Crippen LogP contribution in [0.5, 0.6) is 5.75 Å². The van der Waals surface area contributed by atoms with Gasteiger partial charge in [-0.15, -0.1) is 0 Å². The molecule has 0 aliphatic rings. The van der Waals surface area contributed by atoms with Gasteiger partial charge in [-0.3, -0.25) is 4.79 Å². The number of nitrogens with one attached hydrogen (secondary N) is 1. The lowest BCUT2D eigenvalue weighted by Gasteiger charge is -2.05. The molecule has 0 aliphatic carbocycles. The predicted molar refractivity (Wildman–Crippen MR) is 71.4 cm³/mol. The highest BCUT2D eigenvalue weighted by Gasteiger charge is 2.07. The molecule has 0 radical (unpaired) electrons. The molecule has 2 N–H and O–H groups in total. The largest absolute Gasteiger partial charge is 0.507 e. The highest BCUT2D eigenvalue weighted by Crippen LogP contribution is 2.24. The van der Waals surface area contributed by atoms with Crippen molar-refractivity contribution in [2.45, 2.75) is 12.8 Å². The third-order valence-electron chi connectivity index (χ3n) is 2.24. The zero-order valence-corrected chi connectivity index (χ0v) is 11.2. The number of phenolic OH excluding ortho intramolecular Hbond substituents is 1. The number of hydrogen-bond acceptors (Lipinski definition) is 3. The lowest BCUT2D eigenvalue weighted by molar-refractivity contribution is 0.0952. The standard InChI is InChI=1S/C11H13BrN4O2/c12-9-4-3-8(7-10(9)17)11(18)14-5-1-2-6-15-16-13/h3-4,7,17H,1-2,5-6H2,(H,14,18). The number of amides is 1. The van der Waals surface area contributed by atoms with Gasteiger partial charge in [0, 0.05) is 23.6 Å². The van der Waals surface area contributed by atoms with Gasteiger partial charge in [0.15, 0.2) is 0 Å². The fourth-order valence-electron chi connectivity index (χ4n) is 1.31. The second-order valence-electron chi connectivity index (χ2n) is 3.58. The van der Waals surface area contributed by atoms with Crippen molar-refractivity contribution < 1.29 is 9.90 Å². The smallest absolute Gasteiger partial charge is 0.251 e. The van der Waals surface area contributed by atoms with E-state index in [2.05, 4.69) is 31.3 Å². The van der Waals surface area contributed by atoms with Gasteiger partial charge in [0.25, 0.3) is 5.91 Å². The zero-order chi connectivity index (χ0) is 13.4. The molecule has 0 aliphatic heterocycles. The minimum Gasteiger partial charge on any atom is -0.507 e. The number of phenols is 1. The summed E-state index contributed by atoms with van der Waals surface area (Å²) in [6.07, 6.45) is 1.48. The summed E-state index contributed by atoms with van der Waals surface area (Å²) in [5.74, 6) is -0.201. The lowest BCUT2D eigenvalue weighted by atomic mass is 10.2. The number of unbranched alkanes of at least 4 members (excludes halogenated alkanes) is 1. The summed E-state index contributed by atoms with van der Waals surface area (Å²) in [6.45, 7) is 0.946. The Morgan fingerprint density at radius 1 is 1.50 bits per heavy atom. The highest BCUT2D eigenvalue weighted by molar-refractivity contribution is 9.10. The monoisotopic (exact) mass is 312 g/mol. The number of benzene rings is 1. The molecule has 6 nitrogen and oxygen atoms in total. The zero-order valence-electron chi connectivity index (χ0n) is 9.64. The van der Waals surface area contributed by atoms with E-state index in [0.717, 1.165) is 12.8 Å². The van der Waals surface area contributed by atoms with Gasteiger partial charge in [0.2, 0.25) is 0 Å². The van der Waals surface area contributed by atoms with Gasteiger partial charge in [0.1, 0.15) is 5.75 Å². The van der Waals surface area contributed by atoms with Crippen molar-refractivity contribution in [2.75, 3.05) is 13.1 Å². The third-order valence-corrected chi connectivity index (χ3v) is 2.91. The molecule has 0 fully saturated rings. The van der Waals surface area contributed by atoms with Crippen LogP contribution in [-0.2, 0) is 0 Å². The van der Waals surface area contributed by atoms with Crippen LogP contribution in [0, 0.1) is 0 Å². The van der Waals surface area contributed by atoms with E-state index < -0.39 is 0 Å². The molecule has 7 heteroatoms. The average molecular weight is 313 g/mol. The molecular formula is C11H13BrN4O2. The fourth-order valence-corrected chi connectivity index (χ4v) is 1.56. The molecule has 0 saturated heterocycles. The summed E-state index contributed by atoms with van der Waals surface area (Å²) >= 11 is 3.14. The Hall–Kier alpha value is -1.72. The van der Waals surface area contributed by atoms with Gasteiger partial charge in [-0.05, 0) is 52.5 Å². The first-order valence-electron chi connectivity index (χ1n) is 5.42. The van der Waals surface area contributed by atoms with Crippen molar-refractivity contribution >= 4 is 21.8 Å². The van der Waals surface area contributed by atoms with Crippen LogP contribution in [-0.4, -0.2) is 24.1 Å². The Morgan fingerprint density at radius 2 is 2.28 bits per heavy atom. The van der Waals surface area contributed by atoms with Crippen LogP contribution >= 0.6 is 15.9 Å². The second-order valence-corrected chi connectivity index (χ2v) is 4.44. The molecule has 1 aromatic carbocycles. The number of nitrogens with zero attached hydrogens (tertiary/aromatic N) is 3. The molecule has 0 atom stereocenters. The number of hydrogen-bond donors (Lipinski definition) is 2. The van der Waals surface area contributed by atoms with Crippen LogP contribution in [0.15, 0.2) is 27.8 Å². The number of carbonyl (C=O) groups excluding carboxylic acids is 1. The van der Waals surface area contributed by atoms with Crippen LogP contribution in [0.3, 0.4) is 0 Å². The average Bonchev–Trinajstić information content (AvgIpc) is 2.36. The van der Waals surface area contributed by atoms with Crippen LogP contribution in [0.2, 0.25) is 0 Å². The van der Waals surface area contributed by atoms with Gasteiger partial charge in [-0.1, -0.05) is 5.11 Å². The maximum Gasteiger partial charge on any atom is 0.251 e. The summed E-state index contributed by atoms with van der Waals surface area (Å²) in [5, 5.41) is 15.6. The number of aromatic hydroxyl groups is 1. The SMILES string of the molecule is [N-]=[N+]=NCCCCNC(=O)c1ccc(Br)c(O)c1. The first kappa shape index (κ1) is 14.3. The van der Waals surface area contributed by atoms with E-state index in [0.29, 0.717) is 23.1 Å². The molecule has 0 spiro atoms. The summed E-state index contributed by atoms with van der Waals surface area (Å²) in [4.78, 5) is 14.3. The Bertz CT molecular complexity index is 472. The maximum atomic E-state index is 11.7. The van der Waals surface area contributed by atoms with E-state index in [1.54, 1.807) is 12.1 Å². The van der Waals surface area contributed by atoms with Crippen LogP contribution in [0.4, 0.5) is 0 Å². The summed E-state index contributed by atoms with van der Waals surface area (Å²) in [6, 6.07) is 4.64. The van der Waals surface area contributed by atoms with Crippen molar-refractivity contribution in [2.24, 2.45) is 5.11 Å². The molecule has 0 aromatic heterocycles. The number of halogens is 1. The molecule has 1 amide bonds. The molecular weight excluding hydrogens is 300 g/mol. The van der Waals surface area contributed by atoms with E-state index in [-0.39, 0.29) is 11.7 Å². The van der Waals surface area contributed by atoms with Crippen LogP contribution in [0.1, 0.15) is 23.2 Å². The highest BCUT2D eigenvalue weighted by atomic mass is 79.9. The molecule has 18 heavy (non-hydrogen) atoms. The molecule has 0 heterocycles. The third kappa shape index (κ3) is 4.65. The quantitative estimate of drug-likeness (QED) is 0.365. The summed E-state index contributed by atoms with van der Waals surface area (Å²) in [5.41, 5.74) is 8.48. The summed E-state index contributed by atoms with van der Waals surface area (Å²) in [7, 11) is 0. The van der Waals surface area contributed by atoms with Crippen molar-refractivity contribution in [3.8, 4) is 5.75 Å². The predicted octanol–water partition coefficient (Wildman–Crippen LogP) is 2.98. The minimum absolute atomic E-state index is 0.0333. The molecule has 0 saturated carbocycles. The number of rotatable bonds is 6. The number of azide groups is 1. The molecule has 96 valence electrons. The number of carbonyl (C=O) groups is 1. The Morgan fingerprint density at radius 3 is 2.94 bits per heavy atom. The van der Waals surface area contributed by atoms with E-state index >= 15 is 0 Å². The molecule has 1 rings (SSSR count). The van der Waals surface area contributed by atoms with Crippen molar-refractivity contribution in [3.63, 3.8) is 0 Å². The maximum absolute atomic E-state index is 11.7. The van der Waals surface area contributed by atoms with E-state index in [9.17, 15) is 9.90 Å². The van der Waals surface area contributed by atoms with E-state index in [1.165, 1.54) is 6.07 Å². The first-order chi connectivity index (χ1) is 8.65. The molecule has 0 bridgehead atoms. The van der Waals surface area contributed by atoms with E-state index in [1.807, 2.05) is 0 Å². The van der Waals surface area contributed by atoms with E-state index in [4.69, 9.17) is 5.53 Å². The van der Waals surface area contributed by atoms with Gasteiger partial charge in [0.05, 0.1) is 4.47 Å². The van der Waals surface area contributed by atoms with Crippen LogP contribution in [0.25, 0.3) is 10.4 Å². The second kappa shape index (κ2) is 7.58. The van der Waals surface area contributed by atoms with Crippen molar-refractivity contribution in [1.82, 2.24) is 5.32 Å². The Balaban J connectivity index is 2.36. The van der Waals surface area contributed by atoms with Gasteiger partial charge < -0.3 is 10.4 Å². The van der Waals surface area contributed by atoms with Gasteiger partial charge in [-0.25, -0.2) is 0 Å². The normalized spacial score (nSPS) is 9.61. The lowest BCUT2D eigenvalue weighted by Crippen LogP contribution is -2.24. The Kier molecular flexibility index (Phi) is 6.04. The minimum atomic E-state index is -0.235. The molecule has 0 unspecified atom stereocenters. The van der Waals surface area contributed by atoms with Crippen molar-refractivity contribution in [3.05, 3.63) is 38.7 Å². The molecule has 1 aromatic rings. The van der Waals surface area contributed by atoms with Crippen LogP contribution < -0.4 is 5.32 Å². The van der Waals surface area contributed by atoms with Crippen molar-refractivity contribution in [1.29, 1.82) is 0 Å². The van der Waals surface area contributed by atoms with Gasteiger partial charge in [-0.2, -0.15) is 0 Å². The fraction of sp³-hybridized carbons (Fsp3) is 0.364. The Labute approximate surface area is 113 Å².